The van der Waals surface area contributed by atoms with Crippen molar-refractivity contribution in [3.05, 3.63) is 36.1 Å². The molecule has 1 aromatic heterocycles. The topological polar surface area (TPSA) is 36.9 Å². The summed E-state index contributed by atoms with van der Waals surface area (Å²) >= 11 is 0. The third kappa shape index (κ3) is 1.87. The first-order valence-corrected chi connectivity index (χ1v) is 4.99. The molecule has 0 amide bonds. The lowest BCUT2D eigenvalue weighted by atomic mass is 9.87. The van der Waals surface area contributed by atoms with Crippen molar-refractivity contribution in [1.29, 1.82) is 5.26 Å². The van der Waals surface area contributed by atoms with Gasteiger partial charge in [0.25, 0.3) is 0 Å². The number of nitriles is 1. The molecule has 2 nitrogen and oxygen atoms in total. The van der Waals surface area contributed by atoms with Crippen LogP contribution in [0.15, 0.2) is 34.9 Å². The van der Waals surface area contributed by atoms with Gasteiger partial charge in [0.05, 0.1) is 17.7 Å². The van der Waals surface area contributed by atoms with Crippen LogP contribution >= 0.6 is 0 Å². The van der Waals surface area contributed by atoms with Gasteiger partial charge in [-0.25, -0.2) is 0 Å². The van der Waals surface area contributed by atoms with Gasteiger partial charge in [0.1, 0.15) is 5.58 Å². The van der Waals surface area contributed by atoms with E-state index in [0.29, 0.717) is 0 Å². The molecular weight excluding hydrogens is 186 g/mol. The lowest BCUT2D eigenvalue weighted by Gasteiger charge is -2.13. The van der Waals surface area contributed by atoms with Crippen molar-refractivity contribution in [3.63, 3.8) is 0 Å². The molecule has 0 radical (unpaired) electrons. The molecule has 0 bridgehead atoms. The van der Waals surface area contributed by atoms with E-state index in [0.717, 1.165) is 23.0 Å². The average Bonchev–Trinajstić information content (AvgIpc) is 2.62. The highest BCUT2D eigenvalue weighted by atomic mass is 16.3. The van der Waals surface area contributed by atoms with Crippen LogP contribution in [0.5, 0.6) is 0 Å². The number of hydrogen-bond acceptors (Lipinski definition) is 2. The summed E-state index contributed by atoms with van der Waals surface area (Å²) in [4.78, 5) is 0. The Morgan fingerprint density at radius 2 is 2.07 bits per heavy atom. The van der Waals surface area contributed by atoms with Gasteiger partial charge >= 0.3 is 0 Å². The van der Waals surface area contributed by atoms with Gasteiger partial charge in [-0.15, -0.1) is 0 Å². The van der Waals surface area contributed by atoms with E-state index >= 15 is 0 Å². The predicted molar refractivity (Wildman–Crippen MR) is 59.3 cm³/mol. The van der Waals surface area contributed by atoms with Gasteiger partial charge in [0.15, 0.2) is 0 Å². The largest absolute Gasteiger partial charge is 0.464 e. The van der Waals surface area contributed by atoms with Crippen LogP contribution in [0.1, 0.15) is 19.4 Å². The molecule has 0 N–H and O–H groups in total. The molecule has 2 aromatic rings. The molecule has 0 aliphatic rings. The second kappa shape index (κ2) is 3.43. The Labute approximate surface area is 89.1 Å². The molecule has 2 rings (SSSR count). The molecule has 0 atom stereocenters. The summed E-state index contributed by atoms with van der Waals surface area (Å²) in [6.45, 7) is 3.88. The van der Waals surface area contributed by atoms with Gasteiger partial charge in [-0.3, -0.25) is 0 Å². The molecule has 0 fully saturated rings. The Morgan fingerprint density at radius 1 is 1.33 bits per heavy atom. The molecule has 0 saturated heterocycles. The molecule has 0 saturated carbocycles. The third-order valence-corrected chi connectivity index (χ3v) is 2.50. The molecule has 76 valence electrons. The first-order valence-electron chi connectivity index (χ1n) is 4.99. The summed E-state index contributed by atoms with van der Waals surface area (Å²) in [5.74, 6) is 0. The monoisotopic (exact) mass is 199 g/mol. The molecule has 0 spiro atoms. The van der Waals surface area contributed by atoms with Gasteiger partial charge < -0.3 is 4.42 Å². The normalized spacial score (nSPS) is 11.5. The standard InChI is InChI=1S/C13H13NO/c1-13(2,9-14)7-10-8-15-12-6-4-3-5-11(10)12/h3-6,8H,7H2,1-2H3. The van der Waals surface area contributed by atoms with Gasteiger partial charge in [0, 0.05) is 5.39 Å². The van der Waals surface area contributed by atoms with Gasteiger partial charge in [-0.05, 0) is 31.9 Å². The molecule has 15 heavy (non-hydrogen) atoms. The Kier molecular flexibility index (Phi) is 2.24. The average molecular weight is 199 g/mol. The fraction of sp³-hybridized carbons (Fsp3) is 0.308. The Bertz CT molecular complexity index is 517. The minimum absolute atomic E-state index is 0.341. The highest BCUT2D eigenvalue weighted by molar-refractivity contribution is 5.80. The molecule has 0 aliphatic carbocycles. The van der Waals surface area contributed by atoms with Crippen LogP contribution in [0.25, 0.3) is 11.0 Å². The summed E-state index contributed by atoms with van der Waals surface area (Å²) in [7, 11) is 0. The van der Waals surface area contributed by atoms with Crippen molar-refractivity contribution < 1.29 is 4.42 Å². The lowest BCUT2D eigenvalue weighted by Crippen LogP contribution is -2.11. The van der Waals surface area contributed by atoms with Crippen LogP contribution in [0.2, 0.25) is 0 Å². The Morgan fingerprint density at radius 3 is 2.80 bits per heavy atom. The van der Waals surface area contributed by atoms with Gasteiger partial charge in [0.2, 0.25) is 0 Å². The lowest BCUT2D eigenvalue weighted by molar-refractivity contribution is 0.489. The number of benzene rings is 1. The van der Waals surface area contributed by atoms with E-state index in [1.54, 1.807) is 6.26 Å². The number of rotatable bonds is 2. The zero-order valence-corrected chi connectivity index (χ0v) is 8.95. The van der Waals surface area contributed by atoms with E-state index in [9.17, 15) is 0 Å². The summed E-state index contributed by atoms with van der Waals surface area (Å²) < 4.78 is 5.43. The second-order valence-electron chi connectivity index (χ2n) is 4.43. The van der Waals surface area contributed by atoms with Crippen molar-refractivity contribution in [2.75, 3.05) is 0 Å². The molecule has 0 aliphatic heterocycles. The third-order valence-electron chi connectivity index (χ3n) is 2.50. The van der Waals surface area contributed by atoms with Crippen molar-refractivity contribution >= 4 is 11.0 Å². The number of nitrogens with zero attached hydrogens (tertiary/aromatic N) is 1. The Balaban J connectivity index is 2.42. The number of furan rings is 1. The second-order valence-corrected chi connectivity index (χ2v) is 4.43. The van der Waals surface area contributed by atoms with Crippen LogP contribution in [0, 0.1) is 16.7 Å². The van der Waals surface area contributed by atoms with Crippen molar-refractivity contribution in [3.8, 4) is 6.07 Å². The minimum Gasteiger partial charge on any atom is -0.464 e. The van der Waals surface area contributed by atoms with E-state index in [-0.39, 0.29) is 5.41 Å². The minimum atomic E-state index is -0.341. The SMILES string of the molecule is CC(C)(C#N)Cc1coc2ccccc12. The fourth-order valence-electron chi connectivity index (χ4n) is 1.69. The Hall–Kier alpha value is -1.75. The van der Waals surface area contributed by atoms with Crippen LogP contribution < -0.4 is 0 Å². The highest BCUT2D eigenvalue weighted by Gasteiger charge is 2.19. The van der Waals surface area contributed by atoms with Crippen molar-refractivity contribution in [1.82, 2.24) is 0 Å². The quantitative estimate of drug-likeness (QED) is 0.741. The number of para-hydroxylation sites is 1. The number of hydrogen-bond donors (Lipinski definition) is 0. The first-order chi connectivity index (χ1) is 7.12. The zero-order valence-electron chi connectivity index (χ0n) is 8.95. The van der Waals surface area contributed by atoms with E-state index in [1.807, 2.05) is 38.1 Å². The highest BCUT2D eigenvalue weighted by Crippen LogP contribution is 2.27. The summed E-state index contributed by atoms with van der Waals surface area (Å²) in [5.41, 5.74) is 1.66. The van der Waals surface area contributed by atoms with Crippen LogP contribution in [-0.2, 0) is 6.42 Å². The van der Waals surface area contributed by atoms with Crippen LogP contribution in [0.4, 0.5) is 0 Å². The summed E-state index contributed by atoms with van der Waals surface area (Å²) in [5, 5.41) is 10.1. The van der Waals surface area contributed by atoms with Crippen molar-refractivity contribution in [2.24, 2.45) is 5.41 Å². The maximum Gasteiger partial charge on any atom is 0.134 e. The molecule has 1 aromatic carbocycles. The van der Waals surface area contributed by atoms with E-state index < -0.39 is 0 Å². The first kappa shape index (κ1) is 9.79. The van der Waals surface area contributed by atoms with Crippen LogP contribution in [-0.4, -0.2) is 0 Å². The summed E-state index contributed by atoms with van der Waals surface area (Å²) in [6, 6.07) is 10.2. The smallest absolute Gasteiger partial charge is 0.134 e. The maximum atomic E-state index is 8.98. The summed E-state index contributed by atoms with van der Waals surface area (Å²) in [6.07, 6.45) is 2.48. The van der Waals surface area contributed by atoms with Crippen molar-refractivity contribution in [2.45, 2.75) is 20.3 Å². The van der Waals surface area contributed by atoms with E-state index in [1.165, 1.54) is 0 Å². The maximum absolute atomic E-state index is 8.98. The molecule has 2 heteroatoms. The van der Waals surface area contributed by atoms with Gasteiger partial charge in [-0.1, -0.05) is 18.2 Å². The molecule has 1 heterocycles. The zero-order chi connectivity index (χ0) is 10.9. The molecule has 0 unspecified atom stereocenters. The van der Waals surface area contributed by atoms with Crippen LogP contribution in [0.3, 0.4) is 0 Å². The predicted octanol–water partition coefficient (Wildman–Crippen LogP) is 3.53. The molecular formula is C13H13NO. The van der Waals surface area contributed by atoms with Gasteiger partial charge in [-0.2, -0.15) is 5.26 Å². The van der Waals surface area contributed by atoms with E-state index in [2.05, 4.69) is 6.07 Å². The fourth-order valence-corrected chi connectivity index (χ4v) is 1.69. The van der Waals surface area contributed by atoms with E-state index in [4.69, 9.17) is 9.68 Å². The number of fused-ring (bicyclic) bond motifs is 1.